The van der Waals surface area contributed by atoms with Crippen molar-refractivity contribution in [3.05, 3.63) is 53.1 Å². The quantitative estimate of drug-likeness (QED) is 0.772. The van der Waals surface area contributed by atoms with E-state index in [1.807, 2.05) is 17.7 Å². The third kappa shape index (κ3) is 3.00. The number of hydrogen-bond donors (Lipinski definition) is 3. The molecule has 0 aromatic heterocycles. The fraction of sp³-hybridized carbons (Fsp3) is 0.188. The number of carbonyl (C=O) groups is 1. The van der Waals surface area contributed by atoms with Crippen LogP contribution in [0.15, 0.2) is 36.4 Å². The Hall–Kier alpha value is -2.74. The first-order valence-corrected chi connectivity index (χ1v) is 8.64. The number of phenols is 2. The van der Waals surface area contributed by atoms with Crippen molar-refractivity contribution in [3.8, 4) is 11.5 Å². The normalized spacial score (nSPS) is 16.2. The number of nitrogens with one attached hydrogen (secondary N) is 1. The summed E-state index contributed by atoms with van der Waals surface area (Å²) in [7, 11) is -3.96. The third-order valence-corrected chi connectivity index (χ3v) is 5.15. The lowest BCUT2D eigenvalue weighted by Crippen LogP contribution is -2.29. The highest BCUT2D eigenvalue weighted by Crippen LogP contribution is 2.32. The fourth-order valence-electron chi connectivity index (χ4n) is 2.63. The zero-order chi connectivity index (χ0) is 17.5. The minimum Gasteiger partial charge on any atom is -0.508 e. The van der Waals surface area contributed by atoms with E-state index >= 15 is 0 Å². The Bertz CT molecular complexity index is 924. The summed E-state index contributed by atoms with van der Waals surface area (Å²) in [6.07, 6.45) is 0.380. The molecule has 0 saturated carbocycles. The van der Waals surface area contributed by atoms with Crippen molar-refractivity contribution in [1.82, 2.24) is 4.72 Å². The van der Waals surface area contributed by atoms with Crippen LogP contribution in [0.5, 0.6) is 11.5 Å². The van der Waals surface area contributed by atoms with Gasteiger partial charge in [-0.15, -0.1) is 0 Å². The Morgan fingerprint density at radius 3 is 2.50 bits per heavy atom. The van der Waals surface area contributed by atoms with Crippen molar-refractivity contribution >= 4 is 21.8 Å². The number of aryl methyl sites for hydroxylation is 1. The number of phenolic OH excluding ortho intramolecular Hbond substituents is 2. The van der Waals surface area contributed by atoms with E-state index in [0.29, 0.717) is 17.5 Å². The van der Waals surface area contributed by atoms with Gasteiger partial charge in [0, 0.05) is 6.42 Å². The third-order valence-electron chi connectivity index (χ3n) is 3.76. The number of hydrogen-bond acceptors (Lipinski definition) is 5. The molecule has 3 N–H and O–H groups in total. The Kier molecular flexibility index (Phi) is 3.84. The molecule has 24 heavy (non-hydrogen) atoms. The summed E-state index contributed by atoms with van der Waals surface area (Å²) in [5.74, 6) is -0.746. The van der Waals surface area contributed by atoms with Crippen LogP contribution in [0.3, 0.4) is 0 Å². The van der Waals surface area contributed by atoms with E-state index in [1.54, 1.807) is 18.2 Å². The van der Waals surface area contributed by atoms with Gasteiger partial charge in [-0.2, -0.15) is 8.42 Å². The predicted molar refractivity (Wildman–Crippen MR) is 88.2 cm³/mol. The molecule has 8 heteroatoms. The summed E-state index contributed by atoms with van der Waals surface area (Å²) in [6, 6.07) is 9.75. The molecule has 0 aliphatic carbocycles. The van der Waals surface area contributed by atoms with Crippen LogP contribution in [0, 0.1) is 6.92 Å². The maximum Gasteiger partial charge on any atom is 0.326 e. The summed E-state index contributed by atoms with van der Waals surface area (Å²) in [5, 5.41) is 20.1. The second-order valence-corrected chi connectivity index (χ2v) is 7.26. The Labute approximate surface area is 139 Å². The summed E-state index contributed by atoms with van der Waals surface area (Å²) in [4.78, 5) is 11.3. The van der Waals surface area contributed by atoms with Crippen molar-refractivity contribution in [2.24, 2.45) is 0 Å². The molecule has 3 rings (SSSR count). The summed E-state index contributed by atoms with van der Waals surface area (Å²) in [5.41, 5.74) is 2.43. The molecule has 0 unspecified atom stereocenters. The Balaban J connectivity index is 1.91. The molecule has 2 aromatic rings. The average Bonchev–Trinajstić information content (AvgIpc) is 2.76. The van der Waals surface area contributed by atoms with Crippen molar-refractivity contribution in [2.75, 3.05) is 10.8 Å². The minimum absolute atomic E-state index is 0.0329. The smallest absolute Gasteiger partial charge is 0.326 e. The number of benzene rings is 2. The van der Waals surface area contributed by atoms with Crippen molar-refractivity contribution in [3.63, 3.8) is 0 Å². The van der Waals surface area contributed by atoms with Crippen LogP contribution in [0.4, 0.5) is 5.69 Å². The zero-order valence-electron chi connectivity index (χ0n) is 12.9. The molecule has 1 aliphatic heterocycles. The van der Waals surface area contributed by atoms with Gasteiger partial charge in [0.15, 0.2) is 0 Å². The number of rotatable bonds is 3. The van der Waals surface area contributed by atoms with Crippen LogP contribution >= 0.6 is 0 Å². The molecule has 0 atom stereocenters. The molecule has 7 nitrogen and oxygen atoms in total. The lowest BCUT2D eigenvalue weighted by Gasteiger charge is -2.17. The van der Waals surface area contributed by atoms with Gasteiger partial charge in [-0.25, -0.2) is 9.03 Å². The van der Waals surface area contributed by atoms with Gasteiger partial charge in [0.2, 0.25) is 0 Å². The van der Waals surface area contributed by atoms with Crippen LogP contribution in [0.2, 0.25) is 0 Å². The highest BCUT2D eigenvalue weighted by atomic mass is 32.2. The summed E-state index contributed by atoms with van der Waals surface area (Å²) in [6.45, 7) is 1.54. The highest BCUT2D eigenvalue weighted by Gasteiger charge is 2.35. The molecule has 0 spiro atoms. The lowest BCUT2D eigenvalue weighted by atomic mass is 10.0. The van der Waals surface area contributed by atoms with E-state index in [4.69, 9.17) is 0 Å². The van der Waals surface area contributed by atoms with Gasteiger partial charge in [0.1, 0.15) is 18.0 Å². The van der Waals surface area contributed by atoms with Gasteiger partial charge in [0.05, 0.1) is 5.69 Å². The topological polar surface area (TPSA) is 107 Å². The van der Waals surface area contributed by atoms with Gasteiger partial charge >= 0.3 is 10.2 Å². The Morgan fingerprint density at radius 2 is 1.88 bits per heavy atom. The summed E-state index contributed by atoms with van der Waals surface area (Å²) < 4.78 is 26.3. The Morgan fingerprint density at radius 1 is 1.12 bits per heavy atom. The zero-order valence-corrected chi connectivity index (χ0v) is 13.7. The van der Waals surface area contributed by atoms with Crippen LogP contribution in [0.1, 0.15) is 16.7 Å². The monoisotopic (exact) mass is 348 g/mol. The van der Waals surface area contributed by atoms with E-state index in [2.05, 4.69) is 0 Å². The largest absolute Gasteiger partial charge is 0.508 e. The standard InChI is InChI=1S/C16H16N2O5S/c1-10-2-5-14(19)12(6-10)7-11-3-4-13(15(20)8-11)18-9-16(21)17-24(18,22)23/h2-6,8,19-20H,7,9H2,1H3,(H,17,21). The molecule has 1 saturated heterocycles. The molecule has 1 fully saturated rings. The van der Waals surface area contributed by atoms with Gasteiger partial charge < -0.3 is 10.2 Å². The van der Waals surface area contributed by atoms with Crippen molar-refractivity contribution in [1.29, 1.82) is 0 Å². The van der Waals surface area contributed by atoms with E-state index in [9.17, 15) is 23.4 Å². The molecule has 2 aromatic carbocycles. The maximum atomic E-state index is 11.8. The second-order valence-electron chi connectivity index (χ2n) is 5.67. The van der Waals surface area contributed by atoms with Crippen molar-refractivity contribution in [2.45, 2.75) is 13.3 Å². The van der Waals surface area contributed by atoms with Gasteiger partial charge in [-0.1, -0.05) is 23.8 Å². The molecule has 1 aliphatic rings. The lowest BCUT2D eigenvalue weighted by molar-refractivity contribution is -0.117. The van der Waals surface area contributed by atoms with Gasteiger partial charge in [-0.05, 0) is 36.2 Å². The number of anilines is 1. The van der Waals surface area contributed by atoms with Gasteiger partial charge in [0.25, 0.3) is 5.91 Å². The molecular weight excluding hydrogens is 332 g/mol. The first-order valence-electron chi connectivity index (χ1n) is 7.20. The molecule has 126 valence electrons. The van der Waals surface area contributed by atoms with Crippen LogP contribution in [-0.4, -0.2) is 31.1 Å². The van der Waals surface area contributed by atoms with E-state index in [-0.39, 0.29) is 23.7 Å². The molecule has 0 bridgehead atoms. The number of carbonyl (C=O) groups excluding carboxylic acids is 1. The second kappa shape index (κ2) is 5.72. The first-order chi connectivity index (χ1) is 11.3. The predicted octanol–water partition coefficient (Wildman–Crippen LogP) is 1.18. The number of nitrogens with zero attached hydrogens (tertiary/aromatic N) is 1. The number of aromatic hydroxyl groups is 2. The molecular formula is C16H16N2O5S. The van der Waals surface area contributed by atoms with Gasteiger partial charge in [-0.3, -0.25) is 4.79 Å². The van der Waals surface area contributed by atoms with Crippen molar-refractivity contribution < 1.29 is 23.4 Å². The maximum absolute atomic E-state index is 11.8. The fourth-order valence-corrected chi connectivity index (χ4v) is 3.79. The molecule has 0 radical (unpaired) electrons. The van der Waals surface area contributed by atoms with E-state index < -0.39 is 16.1 Å². The van der Waals surface area contributed by atoms with Crippen LogP contribution in [-0.2, 0) is 21.4 Å². The minimum atomic E-state index is -3.96. The summed E-state index contributed by atoms with van der Waals surface area (Å²) >= 11 is 0. The SMILES string of the molecule is Cc1ccc(O)c(Cc2ccc(N3CC(=O)NS3(=O)=O)c(O)c2)c1. The number of amides is 1. The first kappa shape index (κ1) is 16.1. The van der Waals surface area contributed by atoms with Crippen LogP contribution in [0.25, 0.3) is 0 Å². The van der Waals surface area contributed by atoms with Crippen LogP contribution < -0.4 is 9.03 Å². The average molecular weight is 348 g/mol. The van der Waals surface area contributed by atoms with E-state index in [1.165, 1.54) is 12.1 Å². The highest BCUT2D eigenvalue weighted by molar-refractivity contribution is 7.92. The van der Waals surface area contributed by atoms with E-state index in [0.717, 1.165) is 9.87 Å². The molecule has 1 heterocycles. The molecule has 1 amide bonds.